The number of hydrogen-bond acceptors (Lipinski definition) is 4. The Balaban J connectivity index is 2.94. The molecule has 0 saturated carbocycles. The molecule has 16 heavy (non-hydrogen) atoms. The lowest BCUT2D eigenvalue weighted by Crippen LogP contribution is -2.16. The van der Waals surface area contributed by atoms with Crippen LogP contribution in [-0.2, 0) is 4.74 Å². The quantitative estimate of drug-likeness (QED) is 0.206. The van der Waals surface area contributed by atoms with Crippen molar-refractivity contribution in [2.24, 2.45) is 10.9 Å². The van der Waals surface area contributed by atoms with E-state index in [0.29, 0.717) is 17.3 Å². The first-order valence-electron chi connectivity index (χ1n) is 4.59. The summed E-state index contributed by atoms with van der Waals surface area (Å²) in [6.07, 6.45) is 0. The molecule has 0 unspecified atom stereocenters. The van der Waals surface area contributed by atoms with Gasteiger partial charge in [-0.15, -0.1) is 11.8 Å². The largest absolute Gasteiger partial charge is 0.409 e. The van der Waals surface area contributed by atoms with Crippen LogP contribution in [0.1, 0.15) is 5.56 Å². The van der Waals surface area contributed by atoms with Gasteiger partial charge >= 0.3 is 0 Å². The predicted octanol–water partition coefficient (Wildman–Crippen LogP) is 1.66. The van der Waals surface area contributed by atoms with Gasteiger partial charge in [-0.05, 0) is 12.1 Å². The summed E-state index contributed by atoms with van der Waals surface area (Å²) in [6.45, 7) is 0.552. The molecule has 0 radical (unpaired) electrons. The molecule has 0 spiro atoms. The molecule has 0 bridgehead atoms. The molecule has 0 aliphatic rings. The minimum absolute atomic E-state index is 0.131. The van der Waals surface area contributed by atoms with Gasteiger partial charge in [-0.1, -0.05) is 11.2 Å². The Morgan fingerprint density at radius 1 is 1.62 bits per heavy atom. The Labute approximate surface area is 97.3 Å². The van der Waals surface area contributed by atoms with E-state index in [2.05, 4.69) is 5.16 Å². The van der Waals surface area contributed by atoms with Crippen LogP contribution in [0, 0.1) is 5.82 Å². The molecule has 3 N–H and O–H groups in total. The highest BCUT2D eigenvalue weighted by Gasteiger charge is 2.12. The number of nitrogens with zero attached hydrogens (tertiary/aromatic N) is 1. The van der Waals surface area contributed by atoms with Gasteiger partial charge in [0, 0.05) is 17.8 Å². The van der Waals surface area contributed by atoms with Gasteiger partial charge < -0.3 is 15.7 Å². The Morgan fingerprint density at radius 2 is 2.38 bits per heavy atom. The van der Waals surface area contributed by atoms with Crippen molar-refractivity contribution in [1.29, 1.82) is 0 Å². The van der Waals surface area contributed by atoms with Gasteiger partial charge in [-0.2, -0.15) is 0 Å². The van der Waals surface area contributed by atoms with Crippen LogP contribution in [0.25, 0.3) is 0 Å². The molecule has 1 rings (SSSR count). The van der Waals surface area contributed by atoms with Gasteiger partial charge in [0.1, 0.15) is 5.82 Å². The average molecular weight is 244 g/mol. The van der Waals surface area contributed by atoms with Crippen molar-refractivity contribution < 1.29 is 14.3 Å². The number of hydrogen-bond donors (Lipinski definition) is 2. The van der Waals surface area contributed by atoms with Crippen LogP contribution in [0.4, 0.5) is 4.39 Å². The molecule has 6 heteroatoms. The molecule has 0 aliphatic heterocycles. The highest BCUT2D eigenvalue weighted by Crippen LogP contribution is 2.24. The van der Waals surface area contributed by atoms with Crippen LogP contribution in [0.3, 0.4) is 0 Å². The number of benzene rings is 1. The summed E-state index contributed by atoms with van der Waals surface area (Å²) in [4.78, 5) is 0.632. The molecule has 0 aliphatic carbocycles. The molecule has 4 nitrogen and oxygen atoms in total. The van der Waals surface area contributed by atoms with Gasteiger partial charge in [-0.25, -0.2) is 4.39 Å². The lowest BCUT2D eigenvalue weighted by molar-refractivity contribution is 0.218. The summed E-state index contributed by atoms with van der Waals surface area (Å²) in [5.74, 6) is -0.0539. The zero-order chi connectivity index (χ0) is 12.0. The SMILES string of the molecule is COCCSc1cccc(F)c1C(N)=NO. The standard InChI is InChI=1S/C10H13FN2O2S/c1-15-5-6-16-8-4-2-3-7(11)9(8)10(12)13-14/h2-4,14H,5-6H2,1H3,(H2,12,13). The molecule has 0 heterocycles. The lowest BCUT2D eigenvalue weighted by atomic mass is 10.2. The fourth-order valence-electron chi connectivity index (χ4n) is 1.16. The Hall–Kier alpha value is -1.27. The Bertz CT molecular complexity index is 385. The van der Waals surface area contributed by atoms with Gasteiger partial charge in [0.05, 0.1) is 12.2 Å². The van der Waals surface area contributed by atoms with Crippen molar-refractivity contribution in [3.8, 4) is 0 Å². The molecule has 1 aromatic carbocycles. The van der Waals surface area contributed by atoms with Crippen LogP contribution in [-0.4, -0.2) is 30.5 Å². The Morgan fingerprint density at radius 3 is 3.00 bits per heavy atom. The Kier molecular flexibility index (Phi) is 5.07. The monoisotopic (exact) mass is 244 g/mol. The number of amidine groups is 1. The minimum atomic E-state index is -0.502. The van der Waals surface area contributed by atoms with Gasteiger partial charge in [0.25, 0.3) is 0 Å². The normalized spacial score (nSPS) is 11.8. The second kappa shape index (κ2) is 6.34. The smallest absolute Gasteiger partial charge is 0.174 e. The number of halogens is 1. The second-order valence-corrected chi connectivity index (χ2v) is 4.08. The van der Waals surface area contributed by atoms with E-state index in [0.717, 1.165) is 0 Å². The topological polar surface area (TPSA) is 67.8 Å². The summed E-state index contributed by atoms with van der Waals surface area (Å²) >= 11 is 1.39. The first kappa shape index (κ1) is 12.8. The second-order valence-electron chi connectivity index (χ2n) is 2.94. The highest BCUT2D eigenvalue weighted by atomic mass is 32.2. The van der Waals surface area contributed by atoms with Gasteiger partial charge in [0.15, 0.2) is 5.84 Å². The first-order valence-corrected chi connectivity index (χ1v) is 5.57. The maximum atomic E-state index is 13.5. The molecule has 88 valence electrons. The number of rotatable bonds is 5. The summed E-state index contributed by atoms with van der Waals surface area (Å²) < 4.78 is 18.4. The summed E-state index contributed by atoms with van der Waals surface area (Å²) in [5.41, 5.74) is 5.55. The zero-order valence-corrected chi connectivity index (χ0v) is 9.63. The maximum Gasteiger partial charge on any atom is 0.174 e. The van der Waals surface area contributed by atoms with E-state index >= 15 is 0 Å². The number of oxime groups is 1. The van der Waals surface area contributed by atoms with Crippen LogP contribution in [0.2, 0.25) is 0 Å². The van der Waals surface area contributed by atoms with Crippen LogP contribution in [0.15, 0.2) is 28.3 Å². The maximum absolute atomic E-state index is 13.5. The lowest BCUT2D eigenvalue weighted by Gasteiger charge is -2.08. The third-order valence-electron chi connectivity index (χ3n) is 1.88. The van der Waals surface area contributed by atoms with Crippen LogP contribution >= 0.6 is 11.8 Å². The van der Waals surface area contributed by atoms with E-state index in [9.17, 15) is 4.39 Å². The van der Waals surface area contributed by atoms with E-state index in [1.807, 2.05) is 0 Å². The van der Waals surface area contributed by atoms with Gasteiger partial charge in [-0.3, -0.25) is 0 Å². The van der Waals surface area contributed by atoms with Crippen LogP contribution in [0.5, 0.6) is 0 Å². The highest BCUT2D eigenvalue weighted by molar-refractivity contribution is 7.99. The number of nitrogens with two attached hydrogens (primary N) is 1. The van der Waals surface area contributed by atoms with E-state index in [4.69, 9.17) is 15.7 Å². The average Bonchev–Trinajstić information content (AvgIpc) is 2.29. The molecular formula is C10H13FN2O2S. The van der Waals surface area contributed by atoms with Crippen molar-refractivity contribution in [3.63, 3.8) is 0 Å². The summed E-state index contributed by atoms with van der Waals surface area (Å²) in [6, 6.07) is 4.57. The summed E-state index contributed by atoms with van der Waals surface area (Å²) in [5, 5.41) is 11.4. The van der Waals surface area contributed by atoms with E-state index in [1.165, 1.54) is 17.8 Å². The third-order valence-corrected chi connectivity index (χ3v) is 2.91. The zero-order valence-electron chi connectivity index (χ0n) is 8.81. The van der Waals surface area contributed by atoms with E-state index in [-0.39, 0.29) is 11.4 Å². The van der Waals surface area contributed by atoms with Crippen molar-refractivity contribution in [2.75, 3.05) is 19.5 Å². The van der Waals surface area contributed by atoms with Crippen LogP contribution < -0.4 is 5.73 Å². The number of thioether (sulfide) groups is 1. The van der Waals surface area contributed by atoms with Crippen molar-refractivity contribution in [2.45, 2.75) is 4.90 Å². The number of ether oxygens (including phenoxy) is 1. The van der Waals surface area contributed by atoms with Gasteiger partial charge in [0.2, 0.25) is 0 Å². The molecular weight excluding hydrogens is 231 g/mol. The fraction of sp³-hybridized carbons (Fsp3) is 0.300. The van der Waals surface area contributed by atoms with E-state index < -0.39 is 5.82 Å². The first-order chi connectivity index (χ1) is 7.70. The van der Waals surface area contributed by atoms with Crippen molar-refractivity contribution in [1.82, 2.24) is 0 Å². The molecule has 0 saturated heterocycles. The number of methoxy groups -OCH3 is 1. The molecule has 0 fully saturated rings. The van der Waals surface area contributed by atoms with E-state index in [1.54, 1.807) is 19.2 Å². The van der Waals surface area contributed by atoms with Crippen molar-refractivity contribution >= 4 is 17.6 Å². The predicted molar refractivity (Wildman–Crippen MR) is 61.5 cm³/mol. The molecule has 0 atom stereocenters. The minimum Gasteiger partial charge on any atom is -0.409 e. The third kappa shape index (κ3) is 3.11. The summed E-state index contributed by atoms with van der Waals surface area (Å²) in [7, 11) is 1.59. The molecule has 0 amide bonds. The fourth-order valence-corrected chi connectivity index (χ4v) is 2.15. The van der Waals surface area contributed by atoms with Crippen molar-refractivity contribution in [3.05, 3.63) is 29.6 Å². The molecule has 1 aromatic rings. The molecule has 0 aromatic heterocycles.